The molecule has 114 valence electrons. The van der Waals surface area contributed by atoms with Crippen LogP contribution in [0.5, 0.6) is 0 Å². The third-order valence-corrected chi connectivity index (χ3v) is 4.54. The zero-order valence-electron chi connectivity index (χ0n) is 12.9. The summed E-state index contributed by atoms with van der Waals surface area (Å²) in [6.45, 7) is 10.9. The lowest BCUT2D eigenvalue weighted by atomic mass is 9.94. The molecule has 0 unspecified atom stereocenters. The molecule has 0 saturated heterocycles. The van der Waals surface area contributed by atoms with E-state index in [1.54, 1.807) is 0 Å². The fourth-order valence-corrected chi connectivity index (χ4v) is 3.58. The fraction of sp³-hybridized carbons (Fsp3) is 0.923. The minimum Gasteiger partial charge on any atom is -0.388 e. The lowest BCUT2D eigenvalue weighted by Gasteiger charge is -2.26. The van der Waals surface area contributed by atoms with Crippen LogP contribution in [0.1, 0.15) is 47.5 Å². The summed E-state index contributed by atoms with van der Waals surface area (Å²) in [5.74, 6) is 0.442. The van der Waals surface area contributed by atoms with Gasteiger partial charge in [-0.3, -0.25) is 5.41 Å². The summed E-state index contributed by atoms with van der Waals surface area (Å²) in [4.78, 5) is 0. The summed E-state index contributed by atoms with van der Waals surface area (Å²) < 4.78 is 26.2. The quantitative estimate of drug-likeness (QED) is 0.530. The van der Waals surface area contributed by atoms with Gasteiger partial charge < -0.3 is 5.73 Å². The maximum atomic E-state index is 12.3. The van der Waals surface area contributed by atoms with Crippen molar-refractivity contribution in [2.24, 2.45) is 17.1 Å². The summed E-state index contributed by atoms with van der Waals surface area (Å²) >= 11 is 0. The average molecular weight is 291 g/mol. The number of nitrogens with two attached hydrogens (primary N) is 1. The van der Waals surface area contributed by atoms with E-state index in [9.17, 15) is 8.42 Å². The normalized spacial score (nSPS) is 13.2. The minimum absolute atomic E-state index is 0.00283. The monoisotopic (exact) mass is 291 g/mol. The Bertz CT molecular complexity index is 383. The van der Waals surface area contributed by atoms with Gasteiger partial charge in [0.2, 0.25) is 10.0 Å². The molecule has 0 spiro atoms. The van der Waals surface area contributed by atoms with Gasteiger partial charge in [0.1, 0.15) is 0 Å². The number of hydrogen-bond donors (Lipinski definition) is 2. The molecule has 0 fully saturated rings. The van der Waals surface area contributed by atoms with Crippen LogP contribution in [0.4, 0.5) is 0 Å². The van der Waals surface area contributed by atoms with E-state index in [-0.39, 0.29) is 22.9 Å². The standard InChI is InChI=1S/C13H29N3O2S/c1-11(2)10-16(8-6-12(14)15)19(17,18)9-7-13(3,4)5/h11H,6-10H2,1-5H3,(H3,14,15). The maximum Gasteiger partial charge on any atom is 0.214 e. The first-order valence-corrected chi connectivity index (χ1v) is 8.35. The number of hydrogen-bond acceptors (Lipinski definition) is 3. The van der Waals surface area contributed by atoms with Crippen molar-refractivity contribution >= 4 is 15.9 Å². The molecule has 0 aromatic heterocycles. The Kier molecular flexibility index (Phi) is 7.00. The molecule has 0 aliphatic carbocycles. The molecule has 0 saturated carbocycles. The molecule has 0 heterocycles. The number of rotatable bonds is 8. The molecule has 5 nitrogen and oxygen atoms in total. The maximum absolute atomic E-state index is 12.3. The van der Waals surface area contributed by atoms with Gasteiger partial charge in [0.05, 0.1) is 11.6 Å². The van der Waals surface area contributed by atoms with E-state index in [0.29, 0.717) is 25.9 Å². The van der Waals surface area contributed by atoms with E-state index in [1.807, 2.05) is 34.6 Å². The van der Waals surface area contributed by atoms with Crippen molar-refractivity contribution < 1.29 is 8.42 Å². The van der Waals surface area contributed by atoms with Crippen LogP contribution in [0.3, 0.4) is 0 Å². The summed E-state index contributed by atoms with van der Waals surface area (Å²) in [5, 5.41) is 7.23. The smallest absolute Gasteiger partial charge is 0.214 e. The summed E-state index contributed by atoms with van der Waals surface area (Å²) in [6.07, 6.45) is 0.922. The van der Waals surface area contributed by atoms with Crippen LogP contribution in [0.15, 0.2) is 0 Å². The third-order valence-electron chi connectivity index (χ3n) is 2.70. The Labute approximate surface area is 118 Å². The van der Waals surface area contributed by atoms with Crippen molar-refractivity contribution in [3.63, 3.8) is 0 Å². The molecule has 0 aliphatic heterocycles. The van der Waals surface area contributed by atoms with E-state index in [2.05, 4.69) is 0 Å². The summed E-state index contributed by atoms with van der Waals surface area (Å²) in [6, 6.07) is 0. The average Bonchev–Trinajstić information content (AvgIpc) is 2.19. The van der Waals surface area contributed by atoms with Gasteiger partial charge in [-0.05, 0) is 17.8 Å². The molecule has 0 aromatic carbocycles. The summed E-state index contributed by atoms with van der Waals surface area (Å²) in [7, 11) is -3.27. The molecule has 0 amide bonds. The van der Waals surface area contributed by atoms with Gasteiger partial charge in [-0.2, -0.15) is 0 Å². The zero-order valence-corrected chi connectivity index (χ0v) is 13.7. The SMILES string of the molecule is CC(C)CN(CCC(=N)N)S(=O)(=O)CCC(C)(C)C. The molecule has 0 radical (unpaired) electrons. The van der Waals surface area contributed by atoms with Gasteiger partial charge in [-0.1, -0.05) is 34.6 Å². The highest BCUT2D eigenvalue weighted by Crippen LogP contribution is 2.21. The largest absolute Gasteiger partial charge is 0.388 e. The lowest BCUT2D eigenvalue weighted by molar-refractivity contribution is 0.359. The van der Waals surface area contributed by atoms with Crippen molar-refractivity contribution in [3.8, 4) is 0 Å². The van der Waals surface area contributed by atoms with Crippen LogP contribution < -0.4 is 5.73 Å². The van der Waals surface area contributed by atoms with Gasteiger partial charge >= 0.3 is 0 Å². The molecule has 0 aliphatic rings. The van der Waals surface area contributed by atoms with Gasteiger partial charge in [-0.15, -0.1) is 0 Å². The molecule has 0 aromatic rings. The Morgan fingerprint density at radius 3 is 2.21 bits per heavy atom. The minimum atomic E-state index is -3.27. The first kappa shape index (κ1) is 18.4. The number of sulfonamides is 1. The van der Waals surface area contributed by atoms with Crippen LogP contribution in [-0.2, 0) is 10.0 Å². The highest BCUT2D eigenvalue weighted by Gasteiger charge is 2.25. The Balaban J connectivity index is 4.75. The molecule has 0 atom stereocenters. The van der Waals surface area contributed by atoms with Gasteiger partial charge in [-0.25, -0.2) is 12.7 Å². The van der Waals surface area contributed by atoms with Gasteiger partial charge in [0.25, 0.3) is 0 Å². The second-order valence-electron chi connectivity index (χ2n) is 6.65. The van der Waals surface area contributed by atoms with E-state index in [1.165, 1.54) is 4.31 Å². The number of nitrogens with zero attached hydrogens (tertiary/aromatic N) is 1. The third kappa shape index (κ3) is 8.99. The Morgan fingerprint density at radius 1 is 1.32 bits per heavy atom. The van der Waals surface area contributed by atoms with Crippen LogP contribution >= 0.6 is 0 Å². The van der Waals surface area contributed by atoms with E-state index < -0.39 is 10.0 Å². The van der Waals surface area contributed by atoms with Crippen molar-refractivity contribution in [2.45, 2.75) is 47.5 Å². The second-order valence-corrected chi connectivity index (χ2v) is 8.74. The second kappa shape index (κ2) is 7.24. The predicted octanol–water partition coefficient (Wildman–Crippen LogP) is 2.04. The van der Waals surface area contributed by atoms with Crippen molar-refractivity contribution in [3.05, 3.63) is 0 Å². The van der Waals surface area contributed by atoms with Crippen LogP contribution in [0.25, 0.3) is 0 Å². The van der Waals surface area contributed by atoms with Crippen LogP contribution in [0.2, 0.25) is 0 Å². The van der Waals surface area contributed by atoms with E-state index in [0.717, 1.165) is 0 Å². The predicted molar refractivity (Wildman–Crippen MR) is 80.8 cm³/mol. The number of amidine groups is 1. The van der Waals surface area contributed by atoms with Gasteiger partial charge in [0, 0.05) is 19.5 Å². The highest BCUT2D eigenvalue weighted by molar-refractivity contribution is 7.89. The Hall–Kier alpha value is -0.620. The molecule has 6 heteroatoms. The molecule has 0 bridgehead atoms. The molecular weight excluding hydrogens is 262 g/mol. The summed E-state index contributed by atoms with van der Waals surface area (Å²) in [5.41, 5.74) is 5.32. The Morgan fingerprint density at radius 2 is 1.84 bits per heavy atom. The van der Waals surface area contributed by atoms with Crippen LogP contribution in [-0.4, -0.2) is 37.4 Å². The molecule has 19 heavy (non-hydrogen) atoms. The lowest BCUT2D eigenvalue weighted by Crippen LogP contribution is -2.38. The zero-order chi connectivity index (χ0) is 15.3. The number of nitrogens with one attached hydrogen (secondary N) is 1. The van der Waals surface area contributed by atoms with Crippen molar-refractivity contribution in [1.82, 2.24) is 4.31 Å². The van der Waals surface area contributed by atoms with Crippen molar-refractivity contribution in [2.75, 3.05) is 18.8 Å². The van der Waals surface area contributed by atoms with Crippen molar-refractivity contribution in [1.29, 1.82) is 5.41 Å². The van der Waals surface area contributed by atoms with Gasteiger partial charge in [0.15, 0.2) is 0 Å². The van der Waals surface area contributed by atoms with E-state index >= 15 is 0 Å². The first-order valence-electron chi connectivity index (χ1n) is 6.75. The first-order chi connectivity index (χ1) is 8.44. The topological polar surface area (TPSA) is 87.2 Å². The molecule has 3 N–H and O–H groups in total. The van der Waals surface area contributed by atoms with E-state index in [4.69, 9.17) is 11.1 Å². The molecule has 0 rings (SSSR count). The fourth-order valence-electron chi connectivity index (χ4n) is 1.56. The molecular formula is C13H29N3O2S. The van der Waals surface area contributed by atoms with Crippen LogP contribution in [0, 0.1) is 16.7 Å². The highest BCUT2D eigenvalue weighted by atomic mass is 32.2.